The first-order valence-corrected chi connectivity index (χ1v) is 23.5. The zero-order valence-corrected chi connectivity index (χ0v) is 35.7. The topological polar surface area (TPSA) is 63.6 Å². The molecule has 6 heterocycles. The molecule has 280 valence electrons. The van der Waals surface area contributed by atoms with E-state index >= 15 is 4.39 Å². The molecule has 0 saturated heterocycles. The maximum Gasteiger partial charge on any atom is 0.132 e. The molecule has 1 atom stereocenters. The normalized spacial score (nSPS) is 12.6. The molecular weight excluding hydrogens is 766 g/mol. The summed E-state index contributed by atoms with van der Waals surface area (Å²) < 4.78 is 30.3. The third-order valence-corrected chi connectivity index (χ3v) is 15.7. The highest BCUT2D eigenvalue weighted by Gasteiger charge is 2.26. The van der Waals surface area contributed by atoms with Crippen LogP contribution in [0, 0.1) is 11.7 Å². The maximum atomic E-state index is 15.7. The van der Waals surface area contributed by atoms with Gasteiger partial charge < -0.3 is 5.32 Å². The summed E-state index contributed by atoms with van der Waals surface area (Å²) in [5.74, 6) is 0.583. The minimum Gasteiger partial charge on any atom is -0.377 e. The van der Waals surface area contributed by atoms with Gasteiger partial charge >= 0.3 is 0 Å². The Morgan fingerprint density at radius 1 is 0.648 bits per heavy atom. The number of anilines is 1. The van der Waals surface area contributed by atoms with Gasteiger partial charge in [-0.05, 0) is 73.9 Å². The summed E-state index contributed by atoms with van der Waals surface area (Å²) in [6, 6.07) is 14.8. The summed E-state index contributed by atoms with van der Waals surface area (Å²) in [5.41, 5.74) is 9.39. The summed E-state index contributed by atoms with van der Waals surface area (Å²) in [6.45, 7) is 12.1. The smallest absolute Gasteiger partial charge is 0.132 e. The molecule has 0 radical (unpaired) electrons. The van der Waals surface area contributed by atoms with Crippen molar-refractivity contribution in [1.82, 2.24) is 18.7 Å². The lowest BCUT2D eigenvalue weighted by Gasteiger charge is -2.14. The van der Waals surface area contributed by atoms with Crippen LogP contribution in [0.5, 0.6) is 0 Å². The first-order chi connectivity index (χ1) is 26.4. The highest BCUT2D eigenvalue weighted by atomic mass is 32.1. The van der Waals surface area contributed by atoms with E-state index in [0.29, 0.717) is 11.5 Å². The number of halogens is 1. The van der Waals surface area contributed by atoms with E-state index in [0.717, 1.165) is 113 Å². The number of aromatic nitrogens is 4. The summed E-state index contributed by atoms with van der Waals surface area (Å²) >= 11 is 8.23. The minimum atomic E-state index is -0.133. The molecule has 0 bridgehead atoms. The summed E-state index contributed by atoms with van der Waals surface area (Å²) in [4.78, 5) is 13.9. The number of rotatable bonds is 16. The molecule has 0 aliphatic heterocycles. The van der Waals surface area contributed by atoms with Gasteiger partial charge in [-0.1, -0.05) is 78.9 Å². The van der Waals surface area contributed by atoms with E-state index < -0.39 is 0 Å². The monoisotopic (exact) mass is 811 g/mol. The summed E-state index contributed by atoms with van der Waals surface area (Å²) in [7, 11) is 0. The van der Waals surface area contributed by atoms with Crippen LogP contribution in [0.3, 0.4) is 0 Å². The number of aryl methyl sites for hydroxylation is 3. The van der Waals surface area contributed by atoms with Gasteiger partial charge in [-0.3, -0.25) is 0 Å². The van der Waals surface area contributed by atoms with Crippen LogP contribution in [0.15, 0.2) is 42.5 Å². The average molecular weight is 812 g/mol. The predicted molar refractivity (Wildman–Crippen MR) is 237 cm³/mol. The van der Waals surface area contributed by atoms with Gasteiger partial charge in [0.25, 0.3) is 0 Å². The summed E-state index contributed by atoms with van der Waals surface area (Å²) in [6.07, 6.45) is 11.0. The number of nitrogens with one attached hydrogen (secondary N) is 1. The second-order valence-corrected chi connectivity index (χ2v) is 19.0. The van der Waals surface area contributed by atoms with Crippen molar-refractivity contribution in [3.05, 3.63) is 65.2 Å². The van der Waals surface area contributed by atoms with Crippen molar-refractivity contribution < 1.29 is 4.39 Å². The Labute approximate surface area is 337 Å². The zero-order valence-electron chi connectivity index (χ0n) is 31.6. The van der Waals surface area contributed by atoms with Crippen molar-refractivity contribution in [2.45, 2.75) is 98.8 Å². The van der Waals surface area contributed by atoms with Gasteiger partial charge in [0.15, 0.2) is 0 Å². The Balaban J connectivity index is 1.17. The zero-order chi connectivity index (χ0) is 37.3. The Kier molecular flexibility index (Phi) is 11.4. The van der Waals surface area contributed by atoms with Gasteiger partial charge in [-0.25, -0.2) is 14.4 Å². The van der Waals surface area contributed by atoms with Crippen LogP contribution in [-0.2, 0) is 19.3 Å². The van der Waals surface area contributed by atoms with Crippen LogP contribution in [-0.4, -0.2) is 25.3 Å². The van der Waals surface area contributed by atoms with Crippen molar-refractivity contribution in [2.24, 2.45) is 5.92 Å². The molecule has 2 aromatic carbocycles. The third-order valence-electron chi connectivity index (χ3n) is 10.6. The molecule has 54 heavy (non-hydrogen) atoms. The van der Waals surface area contributed by atoms with Crippen LogP contribution in [0.4, 0.5) is 9.39 Å². The largest absolute Gasteiger partial charge is 0.377 e. The van der Waals surface area contributed by atoms with Crippen molar-refractivity contribution in [2.75, 3.05) is 11.9 Å². The fourth-order valence-corrected chi connectivity index (χ4v) is 12.9. The number of hydrogen-bond acceptors (Lipinski definition) is 10. The molecule has 11 heteroatoms. The molecule has 0 aliphatic carbocycles. The molecule has 1 N–H and O–H groups in total. The Bertz CT molecular complexity index is 2510. The van der Waals surface area contributed by atoms with E-state index in [9.17, 15) is 0 Å². The van der Waals surface area contributed by atoms with Crippen LogP contribution in [0.25, 0.3) is 72.2 Å². The fourth-order valence-electron chi connectivity index (χ4n) is 7.48. The van der Waals surface area contributed by atoms with Crippen molar-refractivity contribution >= 4 is 103 Å². The number of unbranched alkanes of at least 4 members (excludes halogenated alkanes) is 2. The number of benzene rings is 2. The standard InChI is InChI=1S/C43H46FN5S5/c1-6-11-13-24(8-3)14-15-25-16-17-26(27(44)19-25)30-20-31-32(50-30)21-35(51-31)38-40-41(47-29(10-5)28(9-4)46-40)39(43-42(38)48-54-49-43)36-22-33-34(52-36)23-37(53-33)45-18-12-7-2/h16-17,19-24,45H,6-15,18H2,1-5H3. The van der Waals surface area contributed by atoms with E-state index in [-0.39, 0.29) is 5.82 Å². The van der Waals surface area contributed by atoms with E-state index in [1.165, 1.54) is 58.2 Å². The second kappa shape index (κ2) is 16.4. The van der Waals surface area contributed by atoms with Gasteiger partial charge in [0.2, 0.25) is 0 Å². The lowest BCUT2D eigenvalue weighted by Crippen LogP contribution is -2.03. The van der Waals surface area contributed by atoms with Crippen LogP contribution >= 0.6 is 57.1 Å². The second-order valence-electron chi connectivity index (χ2n) is 14.2. The third kappa shape index (κ3) is 7.22. The molecule has 8 rings (SSSR count). The number of hydrogen-bond donors (Lipinski definition) is 1. The van der Waals surface area contributed by atoms with Gasteiger partial charge in [-0.2, -0.15) is 8.75 Å². The van der Waals surface area contributed by atoms with Crippen molar-refractivity contribution in [3.63, 3.8) is 0 Å². The number of nitrogens with zero attached hydrogens (tertiary/aromatic N) is 4. The van der Waals surface area contributed by atoms with E-state index in [4.69, 9.17) is 18.7 Å². The Morgan fingerprint density at radius 2 is 1.24 bits per heavy atom. The average Bonchev–Trinajstić information content (AvgIpc) is 4.01. The first kappa shape index (κ1) is 37.6. The van der Waals surface area contributed by atoms with Crippen LogP contribution < -0.4 is 5.32 Å². The molecular formula is C43H46FN5S5. The van der Waals surface area contributed by atoms with Crippen molar-refractivity contribution in [1.29, 1.82) is 0 Å². The van der Waals surface area contributed by atoms with Gasteiger partial charge in [0.1, 0.15) is 27.9 Å². The molecule has 0 fully saturated rings. The fraction of sp³-hybridized carbons (Fsp3) is 0.395. The molecule has 0 aliphatic rings. The lowest BCUT2D eigenvalue weighted by molar-refractivity contribution is 0.421. The van der Waals surface area contributed by atoms with Gasteiger partial charge in [-0.15, -0.1) is 45.3 Å². The Morgan fingerprint density at radius 3 is 1.81 bits per heavy atom. The lowest BCUT2D eigenvalue weighted by atomic mass is 9.92. The SMILES string of the molecule is CCCCNc1cc2sc(-c3c4nsnc4c(-c4cc5sc(-c6ccc(CCC(CC)CCCC)cc6F)cc5s4)c4nc(CC)c(CC)nc34)cc2s1. The van der Waals surface area contributed by atoms with Crippen LogP contribution in [0.1, 0.15) is 96.5 Å². The molecule has 1 unspecified atom stereocenters. The van der Waals surface area contributed by atoms with Gasteiger partial charge in [0.05, 0.1) is 28.1 Å². The Hall–Kier alpha value is -3.35. The molecule has 0 saturated carbocycles. The quantitative estimate of drug-likeness (QED) is 0.0985. The molecule has 5 nitrogen and oxygen atoms in total. The maximum absolute atomic E-state index is 15.7. The molecule has 0 spiro atoms. The predicted octanol–water partition coefficient (Wildman–Crippen LogP) is 14.8. The number of fused-ring (bicyclic) bond motifs is 4. The number of thiophene rings is 4. The molecule has 0 amide bonds. The summed E-state index contributed by atoms with van der Waals surface area (Å²) in [5, 5.41) is 4.81. The highest BCUT2D eigenvalue weighted by molar-refractivity contribution is 7.32. The molecule has 6 aromatic heterocycles. The van der Waals surface area contributed by atoms with Gasteiger partial charge in [0, 0.05) is 56.7 Å². The minimum absolute atomic E-state index is 0.133. The van der Waals surface area contributed by atoms with E-state index in [1.807, 2.05) is 17.4 Å². The molecule has 8 aromatic rings. The van der Waals surface area contributed by atoms with Crippen LogP contribution in [0.2, 0.25) is 0 Å². The van der Waals surface area contributed by atoms with E-state index in [2.05, 4.69) is 70.3 Å². The van der Waals surface area contributed by atoms with Crippen molar-refractivity contribution in [3.8, 4) is 31.3 Å². The van der Waals surface area contributed by atoms with E-state index in [1.54, 1.807) is 40.1 Å². The highest BCUT2D eigenvalue weighted by Crippen LogP contribution is 2.50. The first-order valence-electron chi connectivity index (χ1n) is 19.5.